The molecule has 0 bridgehead atoms. The third kappa shape index (κ3) is 1.73. The van der Waals surface area contributed by atoms with Crippen LogP contribution in [-0.2, 0) is 6.42 Å². The fourth-order valence-corrected chi connectivity index (χ4v) is 3.42. The van der Waals surface area contributed by atoms with Crippen molar-refractivity contribution in [1.29, 1.82) is 0 Å². The minimum Gasteiger partial charge on any atom is -0.362 e. The summed E-state index contributed by atoms with van der Waals surface area (Å²) in [7, 11) is 0. The first kappa shape index (κ1) is 11.0. The van der Waals surface area contributed by atoms with Gasteiger partial charge in [0.1, 0.15) is 5.82 Å². The summed E-state index contributed by atoms with van der Waals surface area (Å²) in [4.78, 5) is 2.28. The molecule has 1 fully saturated rings. The normalized spacial score (nSPS) is 27.5. The summed E-state index contributed by atoms with van der Waals surface area (Å²) in [5.41, 5.74) is 7.84. The molecule has 2 aliphatic rings. The van der Waals surface area contributed by atoms with E-state index in [4.69, 9.17) is 5.73 Å². The number of hydrogen-bond acceptors (Lipinski definition) is 2. The Morgan fingerprint density at radius 3 is 3.00 bits per heavy atom. The third-order valence-electron chi connectivity index (χ3n) is 4.21. The molecule has 3 rings (SSSR count). The molecular weight excluding hydrogens is 215 g/mol. The topological polar surface area (TPSA) is 29.3 Å². The van der Waals surface area contributed by atoms with Gasteiger partial charge in [0.05, 0.1) is 5.69 Å². The molecule has 2 aliphatic heterocycles. The molecule has 1 saturated heterocycles. The smallest absolute Gasteiger partial charge is 0.146 e. The van der Waals surface area contributed by atoms with Crippen LogP contribution < -0.4 is 10.6 Å². The zero-order valence-electron chi connectivity index (χ0n) is 10.0. The van der Waals surface area contributed by atoms with Crippen LogP contribution in [0.15, 0.2) is 18.2 Å². The number of aryl methyl sites for hydroxylation is 1. The van der Waals surface area contributed by atoms with E-state index in [9.17, 15) is 4.39 Å². The second kappa shape index (κ2) is 4.30. The van der Waals surface area contributed by atoms with Gasteiger partial charge in [-0.15, -0.1) is 0 Å². The van der Waals surface area contributed by atoms with Gasteiger partial charge < -0.3 is 10.6 Å². The second-order valence-corrected chi connectivity index (χ2v) is 5.17. The van der Waals surface area contributed by atoms with E-state index in [1.165, 1.54) is 12.8 Å². The summed E-state index contributed by atoms with van der Waals surface area (Å²) in [6, 6.07) is 6.27. The average Bonchev–Trinajstić information content (AvgIpc) is 2.38. The molecule has 0 radical (unpaired) electrons. The van der Waals surface area contributed by atoms with Gasteiger partial charge in [-0.1, -0.05) is 12.1 Å². The van der Waals surface area contributed by atoms with Gasteiger partial charge in [-0.05, 0) is 43.7 Å². The lowest BCUT2D eigenvalue weighted by Gasteiger charge is -2.47. The van der Waals surface area contributed by atoms with Crippen molar-refractivity contribution in [2.75, 3.05) is 11.4 Å². The molecule has 17 heavy (non-hydrogen) atoms. The maximum Gasteiger partial charge on any atom is 0.146 e. The van der Waals surface area contributed by atoms with Crippen molar-refractivity contribution in [3.63, 3.8) is 0 Å². The molecule has 92 valence electrons. The van der Waals surface area contributed by atoms with Crippen LogP contribution >= 0.6 is 0 Å². The van der Waals surface area contributed by atoms with Crippen LogP contribution in [0.25, 0.3) is 0 Å². The van der Waals surface area contributed by atoms with E-state index in [0.29, 0.717) is 18.6 Å². The molecule has 2 heterocycles. The van der Waals surface area contributed by atoms with Gasteiger partial charge in [-0.25, -0.2) is 4.39 Å². The Morgan fingerprint density at radius 2 is 2.18 bits per heavy atom. The van der Waals surface area contributed by atoms with Gasteiger partial charge in [-0.3, -0.25) is 0 Å². The maximum absolute atomic E-state index is 14.1. The van der Waals surface area contributed by atoms with E-state index < -0.39 is 0 Å². The van der Waals surface area contributed by atoms with E-state index in [-0.39, 0.29) is 5.82 Å². The monoisotopic (exact) mass is 234 g/mol. The number of anilines is 1. The van der Waals surface area contributed by atoms with E-state index in [0.717, 1.165) is 30.5 Å². The van der Waals surface area contributed by atoms with Crippen LogP contribution in [-0.4, -0.2) is 18.6 Å². The minimum absolute atomic E-state index is 0.0763. The summed E-state index contributed by atoms with van der Waals surface area (Å²) >= 11 is 0. The summed E-state index contributed by atoms with van der Waals surface area (Å²) in [6.07, 6.45) is 5.66. The molecule has 0 spiro atoms. The van der Waals surface area contributed by atoms with Crippen molar-refractivity contribution in [1.82, 2.24) is 0 Å². The van der Waals surface area contributed by atoms with Crippen LogP contribution in [0.1, 0.15) is 31.2 Å². The zero-order chi connectivity index (χ0) is 11.8. The number of piperidine rings is 1. The lowest BCUT2D eigenvalue weighted by atomic mass is 9.86. The zero-order valence-corrected chi connectivity index (χ0v) is 10.0. The number of benzene rings is 1. The number of halogens is 1. The summed E-state index contributed by atoms with van der Waals surface area (Å²) in [5, 5.41) is 0. The van der Waals surface area contributed by atoms with Crippen molar-refractivity contribution < 1.29 is 4.39 Å². The summed E-state index contributed by atoms with van der Waals surface area (Å²) < 4.78 is 14.1. The molecule has 0 amide bonds. The molecule has 2 unspecified atom stereocenters. The Hall–Kier alpha value is -1.09. The van der Waals surface area contributed by atoms with Gasteiger partial charge in [-0.2, -0.15) is 0 Å². The van der Waals surface area contributed by atoms with Crippen molar-refractivity contribution in [2.24, 2.45) is 5.73 Å². The Bertz CT molecular complexity index is 419. The second-order valence-electron chi connectivity index (χ2n) is 5.17. The van der Waals surface area contributed by atoms with Crippen LogP contribution in [0, 0.1) is 5.82 Å². The average molecular weight is 234 g/mol. The number of rotatable bonds is 1. The van der Waals surface area contributed by atoms with Gasteiger partial charge >= 0.3 is 0 Å². The molecule has 0 aromatic heterocycles. The van der Waals surface area contributed by atoms with Crippen molar-refractivity contribution in [2.45, 2.75) is 44.2 Å². The predicted molar refractivity (Wildman–Crippen MR) is 67.7 cm³/mol. The van der Waals surface area contributed by atoms with E-state index in [1.807, 2.05) is 6.07 Å². The standard InChI is InChI=1S/C14H19FN2/c15-13-6-1-3-10-7-8-11-4-2-5-12(9-16)17(11)14(10)13/h1,3,6,11-12H,2,4-5,7-9,16H2. The Labute approximate surface area is 102 Å². The SMILES string of the molecule is NCC1CCCC2CCc3cccc(F)c3N12. The number of fused-ring (bicyclic) bond motifs is 3. The first-order valence-corrected chi connectivity index (χ1v) is 6.57. The molecule has 1 aromatic carbocycles. The van der Waals surface area contributed by atoms with Crippen LogP contribution in [0.3, 0.4) is 0 Å². The molecule has 2 atom stereocenters. The van der Waals surface area contributed by atoms with Gasteiger partial charge in [0.2, 0.25) is 0 Å². The van der Waals surface area contributed by atoms with Crippen LogP contribution in [0.4, 0.5) is 10.1 Å². The van der Waals surface area contributed by atoms with Crippen molar-refractivity contribution in [3.05, 3.63) is 29.6 Å². The summed E-state index contributed by atoms with van der Waals surface area (Å²) in [6.45, 7) is 0.629. The summed E-state index contributed by atoms with van der Waals surface area (Å²) in [5.74, 6) is -0.0763. The highest BCUT2D eigenvalue weighted by molar-refractivity contribution is 5.59. The van der Waals surface area contributed by atoms with Gasteiger partial charge in [0.25, 0.3) is 0 Å². The van der Waals surface area contributed by atoms with Crippen molar-refractivity contribution in [3.8, 4) is 0 Å². The van der Waals surface area contributed by atoms with Crippen LogP contribution in [0.2, 0.25) is 0 Å². The molecule has 0 saturated carbocycles. The Kier molecular flexibility index (Phi) is 2.79. The first-order valence-electron chi connectivity index (χ1n) is 6.57. The first-order chi connectivity index (χ1) is 8.31. The Balaban J connectivity index is 2.06. The van der Waals surface area contributed by atoms with Crippen LogP contribution in [0.5, 0.6) is 0 Å². The number of para-hydroxylation sites is 1. The fraction of sp³-hybridized carbons (Fsp3) is 0.571. The van der Waals surface area contributed by atoms with E-state index >= 15 is 0 Å². The fourth-order valence-electron chi connectivity index (χ4n) is 3.42. The molecule has 3 heteroatoms. The largest absolute Gasteiger partial charge is 0.362 e. The predicted octanol–water partition coefficient (Wildman–Crippen LogP) is 2.46. The quantitative estimate of drug-likeness (QED) is 0.808. The Morgan fingerprint density at radius 1 is 1.29 bits per heavy atom. The molecule has 2 N–H and O–H groups in total. The highest BCUT2D eigenvalue weighted by Crippen LogP contribution is 2.39. The van der Waals surface area contributed by atoms with E-state index in [2.05, 4.69) is 11.0 Å². The van der Waals surface area contributed by atoms with E-state index in [1.54, 1.807) is 6.07 Å². The lowest BCUT2D eigenvalue weighted by Crippen LogP contribution is -2.52. The molecule has 2 nitrogen and oxygen atoms in total. The number of nitrogens with two attached hydrogens (primary N) is 1. The number of nitrogens with zero attached hydrogens (tertiary/aromatic N) is 1. The molecule has 0 aliphatic carbocycles. The molecule has 1 aromatic rings. The van der Waals surface area contributed by atoms with Crippen molar-refractivity contribution >= 4 is 5.69 Å². The number of hydrogen-bond donors (Lipinski definition) is 1. The lowest BCUT2D eigenvalue weighted by molar-refractivity contribution is 0.354. The third-order valence-corrected chi connectivity index (χ3v) is 4.21. The highest BCUT2D eigenvalue weighted by atomic mass is 19.1. The van der Waals surface area contributed by atoms with Gasteiger partial charge in [0.15, 0.2) is 0 Å². The highest BCUT2D eigenvalue weighted by Gasteiger charge is 2.35. The molecular formula is C14H19FN2. The maximum atomic E-state index is 14.1. The minimum atomic E-state index is -0.0763. The van der Waals surface area contributed by atoms with Gasteiger partial charge in [0, 0.05) is 18.6 Å².